The molecule has 0 bridgehead atoms. The molecule has 4 nitrogen and oxygen atoms in total. The van der Waals surface area contributed by atoms with Crippen LogP contribution >= 0.6 is 0 Å². The van der Waals surface area contributed by atoms with Crippen molar-refractivity contribution in [2.24, 2.45) is 0 Å². The lowest BCUT2D eigenvalue weighted by atomic mass is 10.1. The Morgan fingerprint density at radius 2 is 2.14 bits per heavy atom. The number of furan rings is 1. The van der Waals surface area contributed by atoms with Gasteiger partial charge in [-0.2, -0.15) is 0 Å². The van der Waals surface area contributed by atoms with E-state index in [1.54, 1.807) is 12.5 Å². The first kappa shape index (κ1) is 13.5. The summed E-state index contributed by atoms with van der Waals surface area (Å²) in [7, 11) is 0. The highest BCUT2D eigenvalue weighted by Crippen LogP contribution is 2.22. The summed E-state index contributed by atoms with van der Waals surface area (Å²) in [5, 5.41) is 3.50. The number of oxazole rings is 1. The zero-order valence-corrected chi connectivity index (χ0v) is 12.0. The van der Waals surface area contributed by atoms with Crippen molar-refractivity contribution in [2.75, 3.05) is 5.32 Å². The van der Waals surface area contributed by atoms with Crippen LogP contribution in [0, 0.1) is 0 Å². The van der Waals surface area contributed by atoms with E-state index in [0.717, 1.165) is 35.6 Å². The monoisotopic (exact) mass is 282 g/mol. The van der Waals surface area contributed by atoms with Gasteiger partial charge in [0.15, 0.2) is 12.2 Å². The Bertz CT molecular complexity index is 660. The minimum atomic E-state index is 0.361. The van der Waals surface area contributed by atoms with Crippen LogP contribution in [-0.4, -0.2) is 11.0 Å². The average molecular weight is 282 g/mol. The molecule has 21 heavy (non-hydrogen) atoms. The normalized spacial score (nSPS) is 12.2. The fraction of sp³-hybridized carbons (Fsp3) is 0.235. The molecule has 108 valence electrons. The molecule has 1 N–H and O–H groups in total. The Labute approximate surface area is 123 Å². The summed E-state index contributed by atoms with van der Waals surface area (Å²) in [4.78, 5) is 3.95. The lowest BCUT2D eigenvalue weighted by Crippen LogP contribution is -2.15. The van der Waals surface area contributed by atoms with E-state index in [9.17, 15) is 0 Å². The Balaban J connectivity index is 1.60. The van der Waals surface area contributed by atoms with Gasteiger partial charge in [0.05, 0.1) is 12.5 Å². The summed E-state index contributed by atoms with van der Waals surface area (Å²) in [6.45, 7) is 2.17. The number of benzene rings is 1. The van der Waals surface area contributed by atoms with Gasteiger partial charge in [0.2, 0.25) is 0 Å². The quantitative estimate of drug-likeness (QED) is 0.729. The van der Waals surface area contributed by atoms with Crippen molar-refractivity contribution in [3.05, 3.63) is 61.0 Å². The zero-order chi connectivity index (χ0) is 14.5. The van der Waals surface area contributed by atoms with Crippen LogP contribution in [0.1, 0.15) is 19.1 Å². The Morgan fingerprint density at radius 3 is 2.90 bits per heavy atom. The molecule has 0 fully saturated rings. The molecule has 1 unspecified atom stereocenters. The van der Waals surface area contributed by atoms with Gasteiger partial charge in [0.1, 0.15) is 5.76 Å². The van der Waals surface area contributed by atoms with Crippen molar-refractivity contribution < 1.29 is 8.83 Å². The minimum Gasteiger partial charge on any atom is -0.469 e. The number of nitrogens with zero attached hydrogens (tertiary/aromatic N) is 1. The maximum atomic E-state index is 5.36. The van der Waals surface area contributed by atoms with E-state index in [-0.39, 0.29) is 0 Å². The molecule has 0 amide bonds. The van der Waals surface area contributed by atoms with Crippen molar-refractivity contribution in [3.8, 4) is 11.3 Å². The highest BCUT2D eigenvalue weighted by molar-refractivity contribution is 5.63. The fourth-order valence-corrected chi connectivity index (χ4v) is 2.29. The summed E-state index contributed by atoms with van der Waals surface area (Å²) in [5.74, 6) is 1.81. The summed E-state index contributed by atoms with van der Waals surface area (Å²) < 4.78 is 10.7. The van der Waals surface area contributed by atoms with Crippen LogP contribution in [-0.2, 0) is 6.42 Å². The van der Waals surface area contributed by atoms with Gasteiger partial charge in [-0.1, -0.05) is 12.1 Å². The maximum absolute atomic E-state index is 5.36. The molecular weight excluding hydrogens is 264 g/mol. The molecule has 3 aromatic rings. The third-order valence-corrected chi connectivity index (χ3v) is 3.40. The first-order valence-electron chi connectivity index (χ1n) is 7.09. The maximum Gasteiger partial charge on any atom is 0.181 e. The molecule has 0 aliphatic rings. The SMILES string of the molecule is CC(CCc1ccco1)Nc1cccc(-c2cnco2)c1. The first-order chi connectivity index (χ1) is 10.3. The highest BCUT2D eigenvalue weighted by Gasteiger charge is 2.06. The predicted molar refractivity (Wildman–Crippen MR) is 82.1 cm³/mol. The lowest BCUT2D eigenvalue weighted by molar-refractivity contribution is 0.495. The first-order valence-corrected chi connectivity index (χ1v) is 7.09. The van der Waals surface area contributed by atoms with E-state index in [1.165, 1.54) is 6.39 Å². The van der Waals surface area contributed by atoms with Gasteiger partial charge in [0, 0.05) is 23.7 Å². The molecule has 0 spiro atoms. The number of aryl methyl sites for hydroxylation is 1. The van der Waals surface area contributed by atoms with Crippen molar-refractivity contribution >= 4 is 5.69 Å². The molecule has 0 radical (unpaired) electrons. The van der Waals surface area contributed by atoms with Crippen LogP contribution in [0.4, 0.5) is 5.69 Å². The van der Waals surface area contributed by atoms with Gasteiger partial charge in [-0.05, 0) is 37.6 Å². The molecule has 0 aliphatic heterocycles. The van der Waals surface area contributed by atoms with Gasteiger partial charge in [-0.15, -0.1) is 0 Å². The van der Waals surface area contributed by atoms with Crippen LogP contribution in [0.3, 0.4) is 0 Å². The van der Waals surface area contributed by atoms with Gasteiger partial charge < -0.3 is 14.2 Å². The van der Waals surface area contributed by atoms with Crippen LogP contribution in [0.2, 0.25) is 0 Å². The van der Waals surface area contributed by atoms with E-state index in [0.29, 0.717) is 6.04 Å². The van der Waals surface area contributed by atoms with Crippen molar-refractivity contribution in [1.82, 2.24) is 4.98 Å². The largest absolute Gasteiger partial charge is 0.469 e. The Morgan fingerprint density at radius 1 is 1.19 bits per heavy atom. The second-order valence-corrected chi connectivity index (χ2v) is 5.11. The Hall–Kier alpha value is -2.49. The number of nitrogens with one attached hydrogen (secondary N) is 1. The summed E-state index contributed by atoms with van der Waals surface area (Å²) in [6, 6.07) is 12.5. The van der Waals surface area contributed by atoms with Crippen LogP contribution < -0.4 is 5.32 Å². The molecule has 4 heteroatoms. The molecule has 1 aromatic carbocycles. The summed E-state index contributed by atoms with van der Waals surface area (Å²) >= 11 is 0. The van der Waals surface area contributed by atoms with E-state index < -0.39 is 0 Å². The summed E-state index contributed by atoms with van der Waals surface area (Å²) in [5.41, 5.74) is 2.10. The van der Waals surface area contributed by atoms with E-state index in [2.05, 4.69) is 29.4 Å². The minimum absolute atomic E-state index is 0.361. The van der Waals surface area contributed by atoms with Gasteiger partial charge in [0.25, 0.3) is 0 Å². The van der Waals surface area contributed by atoms with Gasteiger partial charge in [-0.3, -0.25) is 0 Å². The second-order valence-electron chi connectivity index (χ2n) is 5.11. The van der Waals surface area contributed by atoms with Gasteiger partial charge in [-0.25, -0.2) is 4.98 Å². The standard InChI is InChI=1S/C17H18N2O2/c1-13(7-8-16-6-3-9-20-16)19-15-5-2-4-14(10-15)17-11-18-12-21-17/h2-6,9-13,19H,7-8H2,1H3. The topological polar surface area (TPSA) is 51.2 Å². The second kappa shape index (κ2) is 6.31. The van der Waals surface area contributed by atoms with Crippen molar-refractivity contribution in [2.45, 2.75) is 25.8 Å². The third kappa shape index (κ3) is 3.54. The van der Waals surface area contributed by atoms with Crippen LogP contribution in [0.25, 0.3) is 11.3 Å². The van der Waals surface area contributed by atoms with E-state index in [1.807, 2.05) is 24.3 Å². The van der Waals surface area contributed by atoms with Crippen LogP contribution in [0.15, 0.2) is 64.1 Å². The summed E-state index contributed by atoms with van der Waals surface area (Å²) in [6.07, 6.45) is 6.83. The van der Waals surface area contributed by atoms with Crippen molar-refractivity contribution in [3.63, 3.8) is 0 Å². The van der Waals surface area contributed by atoms with E-state index >= 15 is 0 Å². The molecule has 0 aliphatic carbocycles. The Kier molecular flexibility index (Phi) is 4.05. The molecule has 1 atom stereocenters. The number of hydrogen-bond acceptors (Lipinski definition) is 4. The number of anilines is 1. The van der Waals surface area contributed by atoms with Crippen molar-refractivity contribution in [1.29, 1.82) is 0 Å². The predicted octanol–water partition coefficient (Wildman–Crippen LogP) is 4.37. The van der Waals surface area contributed by atoms with E-state index in [4.69, 9.17) is 8.83 Å². The molecule has 2 aromatic heterocycles. The van der Waals surface area contributed by atoms with Crippen LogP contribution in [0.5, 0.6) is 0 Å². The molecule has 2 heterocycles. The fourth-order valence-electron chi connectivity index (χ4n) is 2.29. The number of aromatic nitrogens is 1. The number of rotatable bonds is 6. The molecule has 3 rings (SSSR count). The smallest absolute Gasteiger partial charge is 0.181 e. The molecule has 0 saturated carbocycles. The highest BCUT2D eigenvalue weighted by atomic mass is 16.3. The third-order valence-electron chi connectivity index (χ3n) is 3.40. The number of hydrogen-bond donors (Lipinski definition) is 1. The molecular formula is C17H18N2O2. The average Bonchev–Trinajstić information content (AvgIpc) is 3.19. The zero-order valence-electron chi connectivity index (χ0n) is 12.0. The lowest BCUT2D eigenvalue weighted by Gasteiger charge is -2.15. The van der Waals surface area contributed by atoms with Gasteiger partial charge >= 0.3 is 0 Å². The molecule has 0 saturated heterocycles.